The Labute approximate surface area is 153 Å². The van der Waals surface area contributed by atoms with Crippen molar-refractivity contribution in [2.24, 2.45) is 0 Å². The second-order valence-corrected chi connectivity index (χ2v) is 8.75. The molecule has 0 aromatic heterocycles. The normalized spacial score (nSPS) is 12.0. The molecule has 0 bridgehead atoms. The Balaban J connectivity index is 2.32. The van der Waals surface area contributed by atoms with Crippen LogP contribution in [0.1, 0.15) is 31.9 Å². The van der Waals surface area contributed by atoms with Crippen molar-refractivity contribution in [3.8, 4) is 0 Å². The maximum Gasteiger partial charge on any atom is 0.293 e. The van der Waals surface area contributed by atoms with E-state index in [1.54, 1.807) is 20.8 Å². The highest BCUT2D eigenvalue weighted by atomic mass is 32.2. The van der Waals surface area contributed by atoms with Gasteiger partial charge in [0, 0.05) is 18.2 Å². The van der Waals surface area contributed by atoms with Gasteiger partial charge in [0.25, 0.3) is 5.69 Å². The minimum absolute atomic E-state index is 0.138. The van der Waals surface area contributed by atoms with Crippen molar-refractivity contribution >= 4 is 21.4 Å². The molecule has 7 nitrogen and oxygen atoms in total. The summed E-state index contributed by atoms with van der Waals surface area (Å²) >= 11 is 0. The van der Waals surface area contributed by atoms with Gasteiger partial charge < -0.3 is 5.32 Å². The summed E-state index contributed by atoms with van der Waals surface area (Å²) in [5.41, 5.74) is 1.38. The van der Waals surface area contributed by atoms with Crippen molar-refractivity contribution in [2.75, 3.05) is 5.32 Å². The van der Waals surface area contributed by atoms with Gasteiger partial charge in [0.1, 0.15) is 5.69 Å². The number of nitro benzene ring substituents is 1. The molecule has 0 atom stereocenters. The monoisotopic (exact) mass is 377 g/mol. The molecule has 0 amide bonds. The number of aryl methyl sites for hydroxylation is 1. The van der Waals surface area contributed by atoms with E-state index in [0.717, 1.165) is 17.2 Å². The minimum atomic E-state index is -3.85. The summed E-state index contributed by atoms with van der Waals surface area (Å²) in [6.45, 7) is 7.48. The number of anilines is 1. The molecule has 0 aliphatic heterocycles. The summed E-state index contributed by atoms with van der Waals surface area (Å²) in [5, 5.41) is 14.4. The van der Waals surface area contributed by atoms with Gasteiger partial charge in [-0.2, -0.15) is 0 Å². The fourth-order valence-corrected chi connectivity index (χ4v) is 3.88. The lowest BCUT2D eigenvalue weighted by molar-refractivity contribution is -0.384. The van der Waals surface area contributed by atoms with Gasteiger partial charge in [0.2, 0.25) is 10.0 Å². The molecule has 2 rings (SSSR count). The van der Waals surface area contributed by atoms with E-state index >= 15 is 0 Å². The SMILES string of the molecule is Cc1ccccc1CNc1ccc(S(=O)(=O)NC(C)(C)C)cc1[N+](=O)[O-]. The highest BCUT2D eigenvalue weighted by molar-refractivity contribution is 7.89. The lowest BCUT2D eigenvalue weighted by Crippen LogP contribution is -2.40. The first-order valence-corrected chi connectivity index (χ1v) is 9.59. The molecule has 0 spiro atoms. The lowest BCUT2D eigenvalue weighted by Gasteiger charge is -2.20. The van der Waals surface area contributed by atoms with Gasteiger partial charge in [-0.15, -0.1) is 0 Å². The summed E-state index contributed by atoms with van der Waals surface area (Å²) in [5.74, 6) is 0. The molecule has 8 heteroatoms. The number of nitrogens with one attached hydrogen (secondary N) is 2. The zero-order chi connectivity index (χ0) is 19.5. The maximum atomic E-state index is 12.4. The second-order valence-electron chi connectivity index (χ2n) is 7.07. The van der Waals surface area contributed by atoms with Crippen LogP contribution in [-0.4, -0.2) is 18.9 Å². The van der Waals surface area contributed by atoms with Crippen LogP contribution < -0.4 is 10.0 Å². The first-order chi connectivity index (χ1) is 12.0. The van der Waals surface area contributed by atoms with E-state index in [2.05, 4.69) is 10.0 Å². The average Bonchev–Trinajstić information content (AvgIpc) is 2.51. The van der Waals surface area contributed by atoms with Crippen LogP contribution in [0.3, 0.4) is 0 Å². The molecule has 2 N–H and O–H groups in total. The smallest absolute Gasteiger partial charge is 0.293 e. The Morgan fingerprint density at radius 2 is 1.77 bits per heavy atom. The first-order valence-electron chi connectivity index (χ1n) is 8.10. The molecule has 0 saturated heterocycles. The topological polar surface area (TPSA) is 101 Å². The molecule has 0 saturated carbocycles. The maximum absolute atomic E-state index is 12.4. The van der Waals surface area contributed by atoms with E-state index < -0.39 is 20.5 Å². The van der Waals surface area contributed by atoms with E-state index in [0.29, 0.717) is 6.54 Å². The van der Waals surface area contributed by atoms with Gasteiger partial charge in [-0.25, -0.2) is 13.1 Å². The Morgan fingerprint density at radius 3 is 2.35 bits per heavy atom. The summed E-state index contributed by atoms with van der Waals surface area (Å²) < 4.78 is 27.3. The predicted octanol–water partition coefficient (Wildman–Crippen LogP) is 3.59. The van der Waals surface area contributed by atoms with Crippen molar-refractivity contribution in [1.82, 2.24) is 4.72 Å². The minimum Gasteiger partial charge on any atom is -0.375 e. The van der Waals surface area contributed by atoms with Crippen LogP contribution >= 0.6 is 0 Å². The molecule has 2 aromatic rings. The lowest BCUT2D eigenvalue weighted by atomic mass is 10.1. The zero-order valence-corrected chi connectivity index (χ0v) is 16.1. The van der Waals surface area contributed by atoms with Gasteiger partial charge in [0.05, 0.1) is 9.82 Å². The molecule has 0 heterocycles. The van der Waals surface area contributed by atoms with Crippen molar-refractivity contribution in [3.63, 3.8) is 0 Å². The molecule has 140 valence electrons. The number of nitrogens with zero attached hydrogens (tertiary/aromatic N) is 1. The van der Waals surface area contributed by atoms with Crippen molar-refractivity contribution < 1.29 is 13.3 Å². The molecule has 0 aliphatic rings. The quantitative estimate of drug-likeness (QED) is 0.592. The van der Waals surface area contributed by atoms with Crippen LogP contribution in [0.15, 0.2) is 47.4 Å². The van der Waals surface area contributed by atoms with Crippen LogP contribution in [0.2, 0.25) is 0 Å². The predicted molar refractivity (Wildman–Crippen MR) is 102 cm³/mol. The molecule has 0 aliphatic carbocycles. The van der Waals surface area contributed by atoms with Gasteiger partial charge in [-0.3, -0.25) is 10.1 Å². The van der Waals surface area contributed by atoms with E-state index in [4.69, 9.17) is 0 Å². The molecule has 2 aromatic carbocycles. The Kier molecular flexibility index (Phi) is 5.68. The summed E-state index contributed by atoms with van der Waals surface area (Å²) in [7, 11) is -3.85. The third-order valence-electron chi connectivity index (χ3n) is 3.65. The van der Waals surface area contributed by atoms with Gasteiger partial charge in [-0.1, -0.05) is 24.3 Å². The number of benzene rings is 2. The Hall–Kier alpha value is -2.45. The summed E-state index contributed by atoms with van der Waals surface area (Å²) in [4.78, 5) is 10.7. The summed E-state index contributed by atoms with van der Waals surface area (Å²) in [6, 6.07) is 11.6. The standard InChI is InChI=1S/C18H23N3O4S/c1-13-7-5-6-8-14(13)12-19-16-10-9-15(11-17(16)21(22)23)26(24,25)20-18(2,3)4/h5-11,19-20H,12H2,1-4H3. The van der Waals surface area contributed by atoms with Crippen LogP contribution in [0, 0.1) is 17.0 Å². The number of sulfonamides is 1. The average molecular weight is 377 g/mol. The van der Waals surface area contributed by atoms with E-state index in [1.807, 2.05) is 31.2 Å². The van der Waals surface area contributed by atoms with Crippen LogP contribution in [0.4, 0.5) is 11.4 Å². The number of nitro groups is 1. The van der Waals surface area contributed by atoms with Crippen LogP contribution in [0.5, 0.6) is 0 Å². The highest BCUT2D eigenvalue weighted by Gasteiger charge is 2.25. The largest absolute Gasteiger partial charge is 0.375 e. The van der Waals surface area contributed by atoms with E-state index in [1.165, 1.54) is 12.1 Å². The Bertz CT molecular complexity index is 918. The van der Waals surface area contributed by atoms with Crippen molar-refractivity contribution in [3.05, 3.63) is 63.7 Å². The van der Waals surface area contributed by atoms with E-state index in [-0.39, 0.29) is 16.3 Å². The zero-order valence-electron chi connectivity index (χ0n) is 15.2. The first kappa shape index (κ1) is 19.9. The number of hydrogen-bond donors (Lipinski definition) is 2. The molecular weight excluding hydrogens is 354 g/mol. The van der Waals surface area contributed by atoms with Crippen LogP contribution in [-0.2, 0) is 16.6 Å². The molecule has 26 heavy (non-hydrogen) atoms. The van der Waals surface area contributed by atoms with Crippen LogP contribution in [0.25, 0.3) is 0 Å². The number of hydrogen-bond acceptors (Lipinski definition) is 5. The fourth-order valence-electron chi connectivity index (χ4n) is 2.44. The molecular formula is C18H23N3O4S. The molecule has 0 radical (unpaired) electrons. The summed E-state index contributed by atoms with van der Waals surface area (Å²) in [6.07, 6.45) is 0. The molecule has 0 unspecified atom stereocenters. The third kappa shape index (κ3) is 5.03. The second kappa shape index (κ2) is 7.43. The van der Waals surface area contributed by atoms with Gasteiger partial charge in [-0.05, 0) is 51.0 Å². The van der Waals surface area contributed by atoms with Gasteiger partial charge in [0.15, 0.2) is 0 Å². The van der Waals surface area contributed by atoms with E-state index in [9.17, 15) is 18.5 Å². The van der Waals surface area contributed by atoms with Gasteiger partial charge >= 0.3 is 0 Å². The number of rotatable bonds is 6. The molecule has 0 fully saturated rings. The van der Waals surface area contributed by atoms with Crippen molar-refractivity contribution in [2.45, 2.75) is 44.7 Å². The third-order valence-corrected chi connectivity index (χ3v) is 5.40. The van der Waals surface area contributed by atoms with Crippen molar-refractivity contribution in [1.29, 1.82) is 0 Å². The Morgan fingerprint density at radius 1 is 1.12 bits per heavy atom. The highest BCUT2D eigenvalue weighted by Crippen LogP contribution is 2.28. The fraction of sp³-hybridized carbons (Fsp3) is 0.333.